The Morgan fingerprint density at radius 1 is 1.00 bits per heavy atom. The van der Waals surface area contributed by atoms with Crippen molar-refractivity contribution in [2.75, 3.05) is 20.8 Å². The first-order valence-corrected chi connectivity index (χ1v) is 7.27. The topological polar surface area (TPSA) is 30.5 Å². The summed E-state index contributed by atoms with van der Waals surface area (Å²) in [6.07, 6.45) is 1.08. The number of methoxy groups -OCH3 is 2. The minimum Gasteiger partial charge on any atom is -0.497 e. The van der Waals surface area contributed by atoms with Gasteiger partial charge in [0.15, 0.2) is 0 Å². The Labute approximate surface area is 125 Å². The molecule has 1 N–H and O–H groups in total. The summed E-state index contributed by atoms with van der Waals surface area (Å²) < 4.78 is 10.8. The summed E-state index contributed by atoms with van der Waals surface area (Å²) in [5, 5.41) is 3.61. The number of hydrogen-bond donors (Lipinski definition) is 1. The van der Waals surface area contributed by atoms with Crippen LogP contribution in [-0.2, 0) is 6.42 Å². The first-order valence-electron chi connectivity index (χ1n) is 7.27. The molecule has 110 valence electrons. The molecule has 0 saturated carbocycles. The molecular weight excluding hydrogens is 262 g/mol. The van der Waals surface area contributed by atoms with E-state index in [-0.39, 0.29) is 6.04 Å². The van der Waals surface area contributed by atoms with Crippen LogP contribution in [0.15, 0.2) is 36.4 Å². The van der Waals surface area contributed by atoms with Crippen LogP contribution in [0.1, 0.15) is 28.3 Å². The van der Waals surface area contributed by atoms with Crippen molar-refractivity contribution in [2.45, 2.75) is 19.4 Å². The van der Waals surface area contributed by atoms with Crippen molar-refractivity contribution in [2.24, 2.45) is 0 Å². The van der Waals surface area contributed by atoms with Crippen molar-refractivity contribution < 1.29 is 9.47 Å². The lowest BCUT2D eigenvalue weighted by molar-refractivity contribution is 0.392. The van der Waals surface area contributed by atoms with Crippen LogP contribution in [0.25, 0.3) is 0 Å². The van der Waals surface area contributed by atoms with E-state index in [4.69, 9.17) is 9.47 Å². The highest BCUT2D eigenvalue weighted by Gasteiger charge is 2.22. The molecule has 2 aromatic carbocycles. The highest BCUT2D eigenvalue weighted by molar-refractivity contribution is 5.46. The first-order chi connectivity index (χ1) is 10.2. The Kier molecular flexibility index (Phi) is 3.84. The van der Waals surface area contributed by atoms with E-state index in [0.717, 1.165) is 24.5 Å². The monoisotopic (exact) mass is 283 g/mol. The van der Waals surface area contributed by atoms with Gasteiger partial charge in [-0.05, 0) is 42.2 Å². The van der Waals surface area contributed by atoms with E-state index in [1.54, 1.807) is 14.2 Å². The van der Waals surface area contributed by atoms with Crippen molar-refractivity contribution in [1.29, 1.82) is 0 Å². The highest BCUT2D eigenvalue weighted by Crippen LogP contribution is 2.33. The molecule has 3 nitrogen and oxygen atoms in total. The number of aryl methyl sites for hydroxylation is 1. The fourth-order valence-electron chi connectivity index (χ4n) is 2.97. The molecule has 0 amide bonds. The fourth-order valence-corrected chi connectivity index (χ4v) is 2.97. The number of ether oxygens (including phenoxy) is 2. The Morgan fingerprint density at radius 2 is 1.71 bits per heavy atom. The summed E-state index contributed by atoms with van der Waals surface area (Å²) in [7, 11) is 3.37. The highest BCUT2D eigenvalue weighted by atomic mass is 16.5. The summed E-state index contributed by atoms with van der Waals surface area (Å²) in [4.78, 5) is 0. The van der Waals surface area contributed by atoms with Gasteiger partial charge >= 0.3 is 0 Å². The number of fused-ring (bicyclic) bond motifs is 1. The van der Waals surface area contributed by atoms with Crippen LogP contribution < -0.4 is 14.8 Å². The molecule has 0 saturated heterocycles. The van der Waals surface area contributed by atoms with Crippen LogP contribution in [0, 0.1) is 6.92 Å². The van der Waals surface area contributed by atoms with Crippen LogP contribution in [0.3, 0.4) is 0 Å². The maximum Gasteiger partial charge on any atom is 0.122 e. The summed E-state index contributed by atoms with van der Waals surface area (Å²) in [6.45, 7) is 3.12. The number of benzene rings is 2. The molecule has 0 aromatic heterocycles. The third-order valence-corrected chi connectivity index (χ3v) is 4.06. The molecule has 1 atom stereocenters. The van der Waals surface area contributed by atoms with Gasteiger partial charge < -0.3 is 14.8 Å². The zero-order valence-corrected chi connectivity index (χ0v) is 12.8. The summed E-state index contributed by atoms with van der Waals surface area (Å²) >= 11 is 0. The molecule has 3 heteroatoms. The number of rotatable bonds is 3. The number of hydrogen-bond acceptors (Lipinski definition) is 3. The zero-order chi connectivity index (χ0) is 14.8. The largest absolute Gasteiger partial charge is 0.497 e. The van der Waals surface area contributed by atoms with Crippen molar-refractivity contribution in [1.82, 2.24) is 5.32 Å². The predicted octanol–water partition coefficient (Wildman–Crippen LogP) is 3.25. The van der Waals surface area contributed by atoms with Crippen molar-refractivity contribution in [3.63, 3.8) is 0 Å². The second-order valence-electron chi connectivity index (χ2n) is 5.49. The molecule has 0 fully saturated rings. The van der Waals surface area contributed by atoms with Crippen molar-refractivity contribution in [3.8, 4) is 11.5 Å². The van der Waals surface area contributed by atoms with Crippen molar-refractivity contribution >= 4 is 0 Å². The van der Waals surface area contributed by atoms with Gasteiger partial charge in [-0.3, -0.25) is 0 Å². The smallest absolute Gasteiger partial charge is 0.122 e. The van der Waals surface area contributed by atoms with Crippen LogP contribution >= 0.6 is 0 Å². The lowest BCUT2D eigenvalue weighted by Crippen LogP contribution is -2.30. The summed E-state index contributed by atoms with van der Waals surface area (Å²) in [6, 6.07) is 13.0. The van der Waals surface area contributed by atoms with E-state index < -0.39 is 0 Å². The van der Waals surface area contributed by atoms with E-state index in [9.17, 15) is 0 Å². The van der Waals surface area contributed by atoms with Gasteiger partial charge in [-0.25, -0.2) is 0 Å². The summed E-state index contributed by atoms with van der Waals surface area (Å²) in [5.41, 5.74) is 5.25. The molecule has 0 radical (unpaired) electrons. The summed E-state index contributed by atoms with van der Waals surface area (Å²) in [5.74, 6) is 1.65. The van der Waals surface area contributed by atoms with Gasteiger partial charge in [0, 0.05) is 12.6 Å². The second-order valence-corrected chi connectivity index (χ2v) is 5.49. The molecule has 0 aliphatic carbocycles. The van der Waals surface area contributed by atoms with Gasteiger partial charge in [0.05, 0.1) is 20.3 Å². The zero-order valence-electron chi connectivity index (χ0n) is 12.8. The molecule has 21 heavy (non-hydrogen) atoms. The minimum absolute atomic E-state index is 0.192. The lowest BCUT2D eigenvalue weighted by Gasteiger charge is -2.28. The molecule has 2 aromatic rings. The van der Waals surface area contributed by atoms with Gasteiger partial charge in [-0.15, -0.1) is 0 Å². The van der Waals surface area contributed by atoms with Crippen LogP contribution in [0.4, 0.5) is 0 Å². The van der Waals surface area contributed by atoms with Gasteiger partial charge in [-0.2, -0.15) is 0 Å². The van der Waals surface area contributed by atoms with Gasteiger partial charge in [-0.1, -0.05) is 23.8 Å². The quantitative estimate of drug-likeness (QED) is 0.938. The maximum absolute atomic E-state index is 5.39. The normalized spacial score (nSPS) is 17.2. The average molecular weight is 283 g/mol. The molecular formula is C18H21NO2. The van der Waals surface area contributed by atoms with Crippen LogP contribution in [-0.4, -0.2) is 20.8 Å². The van der Waals surface area contributed by atoms with E-state index in [1.165, 1.54) is 22.3 Å². The maximum atomic E-state index is 5.39. The molecule has 1 heterocycles. The molecule has 0 spiro atoms. The van der Waals surface area contributed by atoms with E-state index in [1.807, 2.05) is 6.07 Å². The van der Waals surface area contributed by atoms with Crippen molar-refractivity contribution in [3.05, 3.63) is 58.7 Å². The van der Waals surface area contributed by atoms with E-state index >= 15 is 0 Å². The van der Waals surface area contributed by atoms with E-state index in [0.29, 0.717) is 0 Å². The molecule has 1 unspecified atom stereocenters. The predicted molar refractivity (Wildman–Crippen MR) is 84.3 cm³/mol. The van der Waals surface area contributed by atoms with Gasteiger partial charge in [0.1, 0.15) is 11.5 Å². The van der Waals surface area contributed by atoms with Gasteiger partial charge in [0.25, 0.3) is 0 Å². The third-order valence-electron chi connectivity index (χ3n) is 4.06. The molecule has 3 rings (SSSR count). The molecule has 1 aliphatic rings. The first kappa shape index (κ1) is 14.0. The average Bonchev–Trinajstić information content (AvgIpc) is 2.53. The standard InChI is InChI=1S/C18H21NO2/c1-12-4-5-13-6-7-19-18(17(13)8-12)14-9-15(20-2)11-16(10-14)21-3/h4-5,8-11,18-19H,6-7H2,1-3H3. The lowest BCUT2D eigenvalue weighted by atomic mass is 9.88. The Hall–Kier alpha value is -2.00. The third kappa shape index (κ3) is 2.74. The van der Waals surface area contributed by atoms with Crippen LogP contribution in [0.5, 0.6) is 11.5 Å². The molecule has 1 aliphatic heterocycles. The van der Waals surface area contributed by atoms with E-state index in [2.05, 4.69) is 42.6 Å². The Bertz CT molecular complexity index is 629. The molecule has 0 bridgehead atoms. The van der Waals surface area contributed by atoms with Crippen LogP contribution in [0.2, 0.25) is 0 Å². The minimum atomic E-state index is 0.192. The SMILES string of the molecule is COc1cc(OC)cc(C2NCCc3ccc(C)cc32)c1. The fraction of sp³-hybridized carbons (Fsp3) is 0.333. The Balaban J connectivity index is 2.08. The van der Waals surface area contributed by atoms with Gasteiger partial charge in [0.2, 0.25) is 0 Å². The number of nitrogens with one attached hydrogen (secondary N) is 1. The Morgan fingerprint density at radius 3 is 2.38 bits per heavy atom. The second kappa shape index (κ2) is 5.78.